The minimum Gasteiger partial charge on any atom is -0.496 e. The van der Waals surface area contributed by atoms with E-state index in [4.69, 9.17) is 15.2 Å². The highest BCUT2D eigenvalue weighted by Crippen LogP contribution is 2.22. The molecule has 2 rings (SSSR count). The molecule has 1 aliphatic rings. The molecule has 1 fully saturated rings. The molecule has 7 heteroatoms. The number of amides is 1. The van der Waals surface area contributed by atoms with E-state index in [1.807, 2.05) is 0 Å². The zero-order valence-electron chi connectivity index (χ0n) is 11.2. The van der Waals surface area contributed by atoms with Gasteiger partial charge in [-0.25, -0.2) is 4.39 Å². The van der Waals surface area contributed by atoms with Crippen LogP contribution in [0, 0.1) is 5.82 Å². The predicted octanol–water partition coefficient (Wildman–Crippen LogP) is 1.06. The molecule has 0 saturated carbocycles. The first kappa shape index (κ1) is 16.7. The van der Waals surface area contributed by atoms with Crippen molar-refractivity contribution < 1.29 is 18.7 Å². The lowest BCUT2D eigenvalue weighted by atomic mass is 10.1. The van der Waals surface area contributed by atoms with Gasteiger partial charge in [0.05, 0.1) is 25.4 Å². The minimum atomic E-state index is -0.465. The quantitative estimate of drug-likeness (QED) is 0.907. The molecule has 0 aromatic heterocycles. The monoisotopic (exact) mass is 304 g/mol. The van der Waals surface area contributed by atoms with Crippen molar-refractivity contribution in [1.82, 2.24) is 4.90 Å². The highest BCUT2D eigenvalue weighted by Gasteiger charge is 2.26. The normalized spacial score (nSPS) is 18.4. The predicted molar refractivity (Wildman–Crippen MR) is 74.9 cm³/mol. The van der Waals surface area contributed by atoms with Gasteiger partial charge in [0.25, 0.3) is 5.91 Å². The van der Waals surface area contributed by atoms with Gasteiger partial charge in [-0.2, -0.15) is 0 Å². The van der Waals surface area contributed by atoms with Crippen LogP contribution in [0.3, 0.4) is 0 Å². The summed E-state index contributed by atoms with van der Waals surface area (Å²) in [6.45, 7) is 1.67. The van der Waals surface area contributed by atoms with Gasteiger partial charge in [-0.3, -0.25) is 4.79 Å². The van der Waals surface area contributed by atoms with Crippen molar-refractivity contribution in [3.63, 3.8) is 0 Å². The molecule has 2 N–H and O–H groups in total. The number of rotatable bonds is 3. The molecule has 1 saturated heterocycles. The molecule has 0 bridgehead atoms. The molecular formula is C13H18ClFN2O3. The Bertz CT molecular complexity index is 473. The third kappa shape index (κ3) is 3.59. The van der Waals surface area contributed by atoms with Crippen LogP contribution < -0.4 is 10.5 Å². The van der Waals surface area contributed by atoms with E-state index in [1.165, 1.54) is 25.3 Å². The van der Waals surface area contributed by atoms with E-state index < -0.39 is 5.82 Å². The fourth-order valence-electron chi connectivity index (χ4n) is 2.06. The molecule has 20 heavy (non-hydrogen) atoms. The summed E-state index contributed by atoms with van der Waals surface area (Å²) < 4.78 is 23.8. The SMILES string of the molecule is COc1ccc(F)cc1C(=O)N1CCOC(CN)C1.Cl. The van der Waals surface area contributed by atoms with Crippen LogP contribution in [0.4, 0.5) is 4.39 Å². The number of morpholine rings is 1. The second kappa shape index (κ2) is 7.42. The van der Waals surface area contributed by atoms with Gasteiger partial charge < -0.3 is 20.1 Å². The molecule has 0 radical (unpaired) electrons. The summed E-state index contributed by atoms with van der Waals surface area (Å²) >= 11 is 0. The lowest BCUT2D eigenvalue weighted by molar-refractivity contribution is -0.0168. The van der Waals surface area contributed by atoms with Crippen LogP contribution >= 0.6 is 12.4 Å². The van der Waals surface area contributed by atoms with Crippen LogP contribution in [0.1, 0.15) is 10.4 Å². The topological polar surface area (TPSA) is 64.8 Å². The van der Waals surface area contributed by atoms with E-state index in [0.29, 0.717) is 32.0 Å². The van der Waals surface area contributed by atoms with E-state index in [-0.39, 0.29) is 30.0 Å². The first-order valence-corrected chi connectivity index (χ1v) is 6.10. The largest absolute Gasteiger partial charge is 0.496 e. The summed E-state index contributed by atoms with van der Waals surface area (Å²) in [6, 6.07) is 3.90. The Labute approximate surface area is 123 Å². The molecule has 1 aromatic rings. The summed E-state index contributed by atoms with van der Waals surface area (Å²) in [5.74, 6) is -0.368. The van der Waals surface area contributed by atoms with Gasteiger partial charge in [-0.15, -0.1) is 12.4 Å². The number of benzene rings is 1. The fourth-order valence-corrected chi connectivity index (χ4v) is 2.06. The van der Waals surface area contributed by atoms with Gasteiger partial charge in [-0.05, 0) is 18.2 Å². The summed E-state index contributed by atoms with van der Waals surface area (Å²) in [4.78, 5) is 14.0. The third-order valence-electron chi connectivity index (χ3n) is 3.08. The Morgan fingerprint density at radius 3 is 3.00 bits per heavy atom. The minimum absolute atomic E-state index is 0. The highest BCUT2D eigenvalue weighted by atomic mass is 35.5. The number of carbonyl (C=O) groups excluding carboxylic acids is 1. The number of hydrogen-bond acceptors (Lipinski definition) is 4. The van der Waals surface area contributed by atoms with E-state index in [1.54, 1.807) is 4.90 Å². The number of nitrogens with two attached hydrogens (primary N) is 1. The van der Waals surface area contributed by atoms with Gasteiger partial charge >= 0.3 is 0 Å². The van der Waals surface area contributed by atoms with Crippen LogP contribution in [-0.2, 0) is 4.74 Å². The molecule has 1 unspecified atom stereocenters. The van der Waals surface area contributed by atoms with E-state index in [9.17, 15) is 9.18 Å². The van der Waals surface area contributed by atoms with Crippen LogP contribution in [0.2, 0.25) is 0 Å². The summed E-state index contributed by atoms with van der Waals surface area (Å²) in [5.41, 5.74) is 5.76. The van der Waals surface area contributed by atoms with Gasteiger partial charge in [0.15, 0.2) is 0 Å². The molecular weight excluding hydrogens is 287 g/mol. The lowest BCUT2D eigenvalue weighted by Gasteiger charge is -2.32. The first-order chi connectivity index (χ1) is 9.15. The standard InChI is InChI=1S/C13H17FN2O3.ClH/c1-18-12-3-2-9(14)6-11(12)13(17)16-4-5-19-10(7-15)8-16;/h2-3,6,10H,4-5,7-8,15H2,1H3;1H. The number of nitrogens with zero attached hydrogens (tertiary/aromatic N) is 1. The van der Waals surface area contributed by atoms with Crippen LogP contribution in [0.15, 0.2) is 18.2 Å². The second-order valence-electron chi connectivity index (χ2n) is 4.32. The third-order valence-corrected chi connectivity index (χ3v) is 3.08. The van der Waals surface area contributed by atoms with Crippen LogP contribution in [0.25, 0.3) is 0 Å². The van der Waals surface area contributed by atoms with Crippen molar-refractivity contribution >= 4 is 18.3 Å². The van der Waals surface area contributed by atoms with Crippen molar-refractivity contribution in [2.45, 2.75) is 6.10 Å². The number of ether oxygens (including phenoxy) is 2. The lowest BCUT2D eigenvalue weighted by Crippen LogP contribution is -2.48. The number of carbonyl (C=O) groups is 1. The van der Waals surface area contributed by atoms with Gasteiger partial charge in [0, 0.05) is 19.6 Å². The van der Waals surface area contributed by atoms with Gasteiger partial charge in [-0.1, -0.05) is 0 Å². The smallest absolute Gasteiger partial charge is 0.257 e. The molecule has 0 aliphatic carbocycles. The molecule has 5 nitrogen and oxygen atoms in total. The Balaban J connectivity index is 0.00000200. The molecule has 1 heterocycles. The van der Waals surface area contributed by atoms with E-state index in [2.05, 4.69) is 0 Å². The Hall–Kier alpha value is -1.37. The highest BCUT2D eigenvalue weighted by molar-refractivity contribution is 5.97. The van der Waals surface area contributed by atoms with E-state index >= 15 is 0 Å². The maximum Gasteiger partial charge on any atom is 0.257 e. The fraction of sp³-hybridized carbons (Fsp3) is 0.462. The van der Waals surface area contributed by atoms with Crippen LogP contribution in [-0.4, -0.2) is 50.3 Å². The Morgan fingerprint density at radius 1 is 1.60 bits per heavy atom. The summed E-state index contributed by atoms with van der Waals surface area (Å²) in [5, 5.41) is 0. The average molecular weight is 305 g/mol. The summed E-state index contributed by atoms with van der Waals surface area (Å²) in [7, 11) is 1.45. The van der Waals surface area contributed by atoms with Crippen molar-refractivity contribution in [2.24, 2.45) is 5.73 Å². The maximum atomic E-state index is 13.3. The molecule has 1 aromatic carbocycles. The van der Waals surface area contributed by atoms with E-state index in [0.717, 1.165) is 0 Å². The van der Waals surface area contributed by atoms with Crippen molar-refractivity contribution in [3.8, 4) is 5.75 Å². The van der Waals surface area contributed by atoms with Crippen molar-refractivity contribution in [2.75, 3.05) is 33.4 Å². The molecule has 112 valence electrons. The van der Waals surface area contributed by atoms with Crippen molar-refractivity contribution in [3.05, 3.63) is 29.6 Å². The molecule has 1 atom stereocenters. The maximum absolute atomic E-state index is 13.3. The zero-order chi connectivity index (χ0) is 13.8. The average Bonchev–Trinajstić information content (AvgIpc) is 2.46. The number of methoxy groups -OCH3 is 1. The number of hydrogen-bond donors (Lipinski definition) is 1. The van der Waals surface area contributed by atoms with Crippen LogP contribution in [0.5, 0.6) is 5.75 Å². The molecule has 1 aliphatic heterocycles. The Morgan fingerprint density at radius 2 is 2.35 bits per heavy atom. The van der Waals surface area contributed by atoms with Gasteiger partial charge in [0.1, 0.15) is 11.6 Å². The Kier molecular flexibility index (Phi) is 6.19. The first-order valence-electron chi connectivity index (χ1n) is 6.10. The summed E-state index contributed by atoms with van der Waals surface area (Å²) in [6.07, 6.45) is -0.169. The molecule has 1 amide bonds. The molecule has 0 spiro atoms. The second-order valence-corrected chi connectivity index (χ2v) is 4.32. The number of halogens is 2. The van der Waals surface area contributed by atoms with Crippen molar-refractivity contribution in [1.29, 1.82) is 0 Å². The van der Waals surface area contributed by atoms with Gasteiger partial charge in [0.2, 0.25) is 0 Å². The zero-order valence-corrected chi connectivity index (χ0v) is 12.0.